The average molecular weight is 229 g/mol. The molecule has 3 N–H and O–H groups in total. The first-order valence-corrected chi connectivity index (χ1v) is 4.36. The zero-order valence-corrected chi connectivity index (χ0v) is 8.45. The van der Waals surface area contributed by atoms with Gasteiger partial charge in [0.25, 0.3) is 0 Å². The Labute approximate surface area is 90.5 Å². The van der Waals surface area contributed by atoms with E-state index < -0.39 is 36.2 Å². The minimum Gasteiger partial charge on any atom is -0.494 e. The number of hydrogen-bond acceptors (Lipinski definition) is 5. The van der Waals surface area contributed by atoms with Crippen molar-refractivity contribution in [3.8, 4) is 11.8 Å². The molecule has 0 aliphatic heterocycles. The van der Waals surface area contributed by atoms with Gasteiger partial charge in [-0.05, 0) is 0 Å². The van der Waals surface area contributed by atoms with Gasteiger partial charge in [-0.2, -0.15) is 0 Å². The highest BCUT2D eigenvalue weighted by atomic mass is 16.5. The van der Waals surface area contributed by atoms with Crippen molar-refractivity contribution < 1.29 is 29.6 Å². The summed E-state index contributed by atoms with van der Waals surface area (Å²) in [4.78, 5) is 21.9. The minimum absolute atomic E-state index is 0.408. The standard InChI is InChI=1S/C9H11NO6/c1-16-9(15)5(4-8(13)14)10-6(11)2-3-7(10)12/h2-3,5,11-12H,4H2,1H3,(H,13,14). The summed E-state index contributed by atoms with van der Waals surface area (Å²) in [6, 6.07) is 0.998. The molecule has 7 nitrogen and oxygen atoms in total. The molecule has 16 heavy (non-hydrogen) atoms. The maximum Gasteiger partial charge on any atom is 0.329 e. The van der Waals surface area contributed by atoms with Crippen molar-refractivity contribution in [3.63, 3.8) is 0 Å². The van der Waals surface area contributed by atoms with Gasteiger partial charge in [0, 0.05) is 12.1 Å². The van der Waals surface area contributed by atoms with Gasteiger partial charge < -0.3 is 20.1 Å². The molecule has 1 aromatic rings. The van der Waals surface area contributed by atoms with Gasteiger partial charge in [-0.15, -0.1) is 0 Å². The summed E-state index contributed by atoms with van der Waals surface area (Å²) in [5.74, 6) is -2.92. The van der Waals surface area contributed by atoms with Crippen LogP contribution >= 0.6 is 0 Å². The van der Waals surface area contributed by atoms with Gasteiger partial charge in [-0.1, -0.05) is 0 Å². The number of aliphatic carboxylic acids is 1. The van der Waals surface area contributed by atoms with Crippen LogP contribution in [-0.4, -0.2) is 38.9 Å². The first-order valence-electron chi connectivity index (χ1n) is 4.36. The number of esters is 1. The predicted molar refractivity (Wildman–Crippen MR) is 51.1 cm³/mol. The molecule has 0 spiro atoms. The minimum atomic E-state index is -1.29. The van der Waals surface area contributed by atoms with Crippen LogP contribution in [0.1, 0.15) is 12.5 Å². The summed E-state index contributed by atoms with van der Waals surface area (Å²) in [6.07, 6.45) is -0.595. The number of carbonyl (C=O) groups excluding carboxylic acids is 1. The molecule has 1 heterocycles. The number of methoxy groups -OCH3 is 1. The number of carboxylic acids is 1. The van der Waals surface area contributed by atoms with Crippen molar-refractivity contribution in [1.82, 2.24) is 4.57 Å². The summed E-state index contributed by atoms with van der Waals surface area (Å²) in [5.41, 5.74) is 0. The second kappa shape index (κ2) is 4.56. The van der Waals surface area contributed by atoms with E-state index in [0.29, 0.717) is 0 Å². The molecule has 7 heteroatoms. The highest BCUT2D eigenvalue weighted by molar-refractivity contribution is 5.81. The monoisotopic (exact) mass is 229 g/mol. The SMILES string of the molecule is COC(=O)C(CC(=O)O)n1c(O)ccc1O. The van der Waals surface area contributed by atoms with Crippen LogP contribution in [0.5, 0.6) is 11.8 Å². The van der Waals surface area contributed by atoms with Gasteiger partial charge in [-0.3, -0.25) is 9.36 Å². The van der Waals surface area contributed by atoms with Crippen molar-refractivity contribution in [2.75, 3.05) is 7.11 Å². The number of carbonyl (C=O) groups is 2. The quantitative estimate of drug-likeness (QED) is 0.631. The molecular formula is C9H11NO6. The van der Waals surface area contributed by atoms with E-state index in [4.69, 9.17) is 5.11 Å². The Balaban J connectivity index is 3.10. The van der Waals surface area contributed by atoms with Crippen LogP contribution in [0.4, 0.5) is 0 Å². The van der Waals surface area contributed by atoms with Gasteiger partial charge in [0.1, 0.15) is 6.04 Å². The van der Waals surface area contributed by atoms with Crippen molar-refractivity contribution in [2.24, 2.45) is 0 Å². The largest absolute Gasteiger partial charge is 0.494 e. The highest BCUT2D eigenvalue weighted by Crippen LogP contribution is 2.29. The Morgan fingerprint density at radius 3 is 2.25 bits per heavy atom. The first-order chi connectivity index (χ1) is 7.47. The van der Waals surface area contributed by atoms with Crippen molar-refractivity contribution in [2.45, 2.75) is 12.5 Å². The van der Waals surface area contributed by atoms with Crippen LogP contribution in [0.15, 0.2) is 12.1 Å². The zero-order valence-electron chi connectivity index (χ0n) is 8.45. The summed E-state index contributed by atoms with van der Waals surface area (Å²) >= 11 is 0. The maximum atomic E-state index is 11.3. The Hall–Kier alpha value is -2.18. The van der Waals surface area contributed by atoms with Crippen LogP contribution in [0.2, 0.25) is 0 Å². The predicted octanol–water partition coefficient (Wildman–Crippen LogP) is 0.0881. The van der Waals surface area contributed by atoms with Crippen molar-refractivity contribution in [3.05, 3.63) is 12.1 Å². The summed E-state index contributed by atoms with van der Waals surface area (Å²) in [5, 5.41) is 27.3. The molecule has 1 aromatic heterocycles. The molecule has 0 amide bonds. The third kappa shape index (κ3) is 2.25. The Morgan fingerprint density at radius 1 is 1.38 bits per heavy atom. The lowest BCUT2D eigenvalue weighted by molar-refractivity contribution is -0.150. The van der Waals surface area contributed by atoms with E-state index in [1.165, 1.54) is 0 Å². The Bertz CT molecular complexity index is 391. The van der Waals surface area contributed by atoms with Crippen LogP contribution in [0.25, 0.3) is 0 Å². The molecule has 0 aliphatic rings. The van der Waals surface area contributed by atoms with Gasteiger partial charge in [-0.25, -0.2) is 4.79 Å². The molecule has 0 aromatic carbocycles. The molecule has 1 atom stereocenters. The average Bonchev–Trinajstić information content (AvgIpc) is 2.54. The van der Waals surface area contributed by atoms with E-state index in [-0.39, 0.29) is 0 Å². The second-order valence-corrected chi connectivity index (χ2v) is 3.06. The van der Waals surface area contributed by atoms with Crippen molar-refractivity contribution in [1.29, 1.82) is 0 Å². The second-order valence-electron chi connectivity index (χ2n) is 3.06. The molecule has 1 rings (SSSR count). The maximum absolute atomic E-state index is 11.3. The van der Waals surface area contributed by atoms with E-state index in [1.54, 1.807) is 0 Å². The fourth-order valence-corrected chi connectivity index (χ4v) is 1.33. The Kier molecular flexibility index (Phi) is 3.39. The van der Waals surface area contributed by atoms with Crippen LogP contribution in [0.3, 0.4) is 0 Å². The number of hydrogen-bond donors (Lipinski definition) is 3. The lowest BCUT2D eigenvalue weighted by Crippen LogP contribution is -2.23. The van der Waals surface area contributed by atoms with Crippen LogP contribution in [0, 0.1) is 0 Å². The van der Waals surface area contributed by atoms with Crippen molar-refractivity contribution >= 4 is 11.9 Å². The third-order valence-electron chi connectivity index (χ3n) is 2.03. The fraction of sp³-hybridized carbons (Fsp3) is 0.333. The number of carboxylic acid groups (broad SMARTS) is 1. The molecular weight excluding hydrogens is 218 g/mol. The molecule has 1 unspecified atom stereocenters. The fourth-order valence-electron chi connectivity index (χ4n) is 1.33. The lowest BCUT2D eigenvalue weighted by Gasteiger charge is -2.16. The number of ether oxygens (including phenoxy) is 1. The van der Waals surface area contributed by atoms with E-state index in [0.717, 1.165) is 23.8 Å². The molecule has 88 valence electrons. The molecule has 0 fully saturated rings. The van der Waals surface area contributed by atoms with E-state index in [1.807, 2.05) is 0 Å². The molecule has 0 aliphatic carbocycles. The molecule has 0 radical (unpaired) electrons. The summed E-state index contributed by atoms with van der Waals surface area (Å²) in [7, 11) is 1.09. The third-order valence-corrected chi connectivity index (χ3v) is 2.03. The lowest BCUT2D eigenvalue weighted by atomic mass is 10.2. The topological polar surface area (TPSA) is 109 Å². The molecule has 0 saturated carbocycles. The normalized spacial score (nSPS) is 12.1. The van der Waals surface area contributed by atoms with E-state index >= 15 is 0 Å². The van der Waals surface area contributed by atoms with Gasteiger partial charge in [0.15, 0.2) is 11.8 Å². The van der Waals surface area contributed by atoms with Gasteiger partial charge in [0.2, 0.25) is 0 Å². The number of aromatic hydroxyl groups is 2. The molecule has 0 saturated heterocycles. The first kappa shape index (κ1) is 11.9. The van der Waals surface area contributed by atoms with Gasteiger partial charge in [0.05, 0.1) is 13.5 Å². The van der Waals surface area contributed by atoms with Crippen LogP contribution < -0.4 is 0 Å². The smallest absolute Gasteiger partial charge is 0.329 e. The molecule has 0 bridgehead atoms. The van der Waals surface area contributed by atoms with Gasteiger partial charge >= 0.3 is 11.9 Å². The Morgan fingerprint density at radius 2 is 1.88 bits per heavy atom. The van der Waals surface area contributed by atoms with E-state index in [9.17, 15) is 19.8 Å². The number of rotatable bonds is 4. The number of nitrogens with zero attached hydrogens (tertiary/aromatic N) is 1. The number of aromatic nitrogens is 1. The summed E-state index contributed by atoms with van der Waals surface area (Å²) in [6.45, 7) is 0. The zero-order chi connectivity index (χ0) is 12.3. The summed E-state index contributed by atoms with van der Waals surface area (Å²) < 4.78 is 5.19. The highest BCUT2D eigenvalue weighted by Gasteiger charge is 2.28. The van der Waals surface area contributed by atoms with E-state index in [2.05, 4.69) is 4.74 Å². The van der Waals surface area contributed by atoms with Crippen LogP contribution in [-0.2, 0) is 14.3 Å².